The predicted molar refractivity (Wildman–Crippen MR) is 81.8 cm³/mol. The molecule has 0 unspecified atom stereocenters. The van der Waals surface area contributed by atoms with E-state index in [2.05, 4.69) is 10.2 Å². The molecule has 0 aliphatic carbocycles. The summed E-state index contributed by atoms with van der Waals surface area (Å²) in [5.74, 6) is -0.0263. The molecule has 0 bridgehead atoms. The number of rotatable bonds is 5. The van der Waals surface area contributed by atoms with Gasteiger partial charge in [-0.05, 0) is 25.2 Å². The van der Waals surface area contributed by atoms with Crippen molar-refractivity contribution < 1.29 is 4.79 Å². The largest absolute Gasteiger partial charge is 0.397 e. The Labute approximate surface area is 121 Å². The quantitative estimate of drug-likeness (QED) is 0.820. The molecule has 1 aromatic carbocycles. The maximum Gasteiger partial charge on any atom is 0.238 e. The second-order valence-corrected chi connectivity index (χ2v) is 3.60. The van der Waals surface area contributed by atoms with Gasteiger partial charge in [0, 0.05) is 0 Å². The van der Waals surface area contributed by atoms with E-state index in [1.807, 2.05) is 26.0 Å². The van der Waals surface area contributed by atoms with Crippen molar-refractivity contribution in [2.75, 3.05) is 30.7 Å². The minimum Gasteiger partial charge on any atom is -0.397 e. The monoisotopic (exact) mass is 293 g/mol. The number of nitrogens with two attached hydrogens (primary N) is 1. The molecule has 18 heavy (non-hydrogen) atoms. The van der Waals surface area contributed by atoms with E-state index < -0.39 is 0 Å². The normalized spacial score (nSPS) is 9.28. The molecule has 1 amide bonds. The Morgan fingerprint density at radius 3 is 2.28 bits per heavy atom. The van der Waals surface area contributed by atoms with Gasteiger partial charge in [0.1, 0.15) is 0 Å². The molecular formula is C12H21Cl2N3O. The second-order valence-electron chi connectivity index (χ2n) is 3.60. The topological polar surface area (TPSA) is 58.4 Å². The number of hydrogen-bond acceptors (Lipinski definition) is 3. The maximum absolute atomic E-state index is 11.7. The summed E-state index contributed by atoms with van der Waals surface area (Å²) in [6.45, 7) is 6.21. The molecule has 0 fully saturated rings. The molecule has 0 saturated heterocycles. The van der Waals surface area contributed by atoms with Crippen LogP contribution in [-0.2, 0) is 4.79 Å². The Bertz CT molecular complexity index is 357. The third kappa shape index (κ3) is 6.10. The van der Waals surface area contributed by atoms with Crippen molar-refractivity contribution in [1.29, 1.82) is 0 Å². The van der Waals surface area contributed by atoms with Crippen LogP contribution in [0.1, 0.15) is 13.8 Å². The molecule has 0 aromatic heterocycles. The first-order valence-corrected chi connectivity index (χ1v) is 5.54. The summed E-state index contributed by atoms with van der Waals surface area (Å²) < 4.78 is 0. The zero-order chi connectivity index (χ0) is 12.0. The number of amides is 1. The van der Waals surface area contributed by atoms with Crippen LogP contribution in [0.25, 0.3) is 0 Å². The van der Waals surface area contributed by atoms with Crippen molar-refractivity contribution in [3.63, 3.8) is 0 Å². The van der Waals surface area contributed by atoms with Gasteiger partial charge in [-0.2, -0.15) is 0 Å². The van der Waals surface area contributed by atoms with Crippen LogP contribution >= 0.6 is 24.8 Å². The van der Waals surface area contributed by atoms with Gasteiger partial charge < -0.3 is 11.1 Å². The Balaban J connectivity index is 0. The van der Waals surface area contributed by atoms with Crippen molar-refractivity contribution in [2.45, 2.75) is 13.8 Å². The Hall–Kier alpha value is -0.970. The zero-order valence-corrected chi connectivity index (χ0v) is 12.3. The summed E-state index contributed by atoms with van der Waals surface area (Å²) in [5.41, 5.74) is 7.01. The molecule has 0 atom stereocenters. The molecule has 1 aromatic rings. The summed E-state index contributed by atoms with van der Waals surface area (Å²) in [7, 11) is 0. The van der Waals surface area contributed by atoms with Crippen molar-refractivity contribution in [1.82, 2.24) is 4.90 Å². The second kappa shape index (κ2) is 10.00. The number of carbonyl (C=O) groups is 1. The summed E-state index contributed by atoms with van der Waals surface area (Å²) in [6, 6.07) is 7.27. The minimum atomic E-state index is -0.0263. The number of benzene rings is 1. The molecule has 0 saturated carbocycles. The number of para-hydroxylation sites is 2. The van der Waals surface area contributed by atoms with Crippen LogP contribution in [0.2, 0.25) is 0 Å². The SMILES string of the molecule is CCN(CC)CC(=O)Nc1ccccc1N.Cl.Cl. The molecule has 0 aliphatic heterocycles. The van der Waals surface area contributed by atoms with Gasteiger partial charge in [-0.3, -0.25) is 9.69 Å². The van der Waals surface area contributed by atoms with Gasteiger partial charge >= 0.3 is 0 Å². The van der Waals surface area contributed by atoms with Gasteiger partial charge in [-0.1, -0.05) is 26.0 Å². The van der Waals surface area contributed by atoms with E-state index in [1.54, 1.807) is 12.1 Å². The fourth-order valence-corrected chi connectivity index (χ4v) is 1.45. The lowest BCUT2D eigenvalue weighted by molar-refractivity contribution is -0.117. The van der Waals surface area contributed by atoms with Crippen LogP contribution < -0.4 is 11.1 Å². The van der Waals surface area contributed by atoms with E-state index in [0.29, 0.717) is 17.9 Å². The molecule has 4 nitrogen and oxygen atoms in total. The number of carbonyl (C=O) groups excluding carboxylic acids is 1. The summed E-state index contributed by atoms with van der Waals surface area (Å²) in [5, 5.41) is 2.80. The van der Waals surface area contributed by atoms with Gasteiger partial charge in [0.2, 0.25) is 5.91 Å². The first kappa shape index (κ1) is 19.4. The Morgan fingerprint density at radius 1 is 1.22 bits per heavy atom. The Morgan fingerprint density at radius 2 is 1.78 bits per heavy atom. The highest BCUT2D eigenvalue weighted by atomic mass is 35.5. The molecule has 104 valence electrons. The van der Waals surface area contributed by atoms with E-state index in [-0.39, 0.29) is 30.7 Å². The van der Waals surface area contributed by atoms with Crippen LogP contribution in [0.3, 0.4) is 0 Å². The first-order chi connectivity index (χ1) is 7.67. The standard InChI is InChI=1S/C12H19N3O.2ClH/c1-3-15(4-2)9-12(16)14-11-8-6-5-7-10(11)13;;/h5-8H,3-4,9,13H2,1-2H3,(H,14,16);2*1H. The van der Waals surface area contributed by atoms with Crippen molar-refractivity contribution in [3.8, 4) is 0 Å². The molecule has 0 spiro atoms. The molecule has 0 aliphatic rings. The number of anilines is 2. The van der Waals surface area contributed by atoms with E-state index in [4.69, 9.17) is 5.73 Å². The average molecular weight is 294 g/mol. The van der Waals surface area contributed by atoms with Crippen LogP contribution in [0.4, 0.5) is 11.4 Å². The smallest absolute Gasteiger partial charge is 0.238 e. The van der Waals surface area contributed by atoms with E-state index in [0.717, 1.165) is 13.1 Å². The highest BCUT2D eigenvalue weighted by Gasteiger charge is 2.08. The average Bonchev–Trinajstić information content (AvgIpc) is 2.29. The maximum atomic E-state index is 11.7. The number of likely N-dealkylation sites (N-methyl/N-ethyl adjacent to an activating group) is 1. The third-order valence-corrected chi connectivity index (χ3v) is 2.50. The van der Waals surface area contributed by atoms with Crippen molar-refractivity contribution in [3.05, 3.63) is 24.3 Å². The minimum absolute atomic E-state index is 0. The Kier molecular flexibility index (Phi) is 10.8. The van der Waals surface area contributed by atoms with Gasteiger partial charge in [-0.15, -0.1) is 24.8 Å². The molecule has 0 heterocycles. The number of hydrogen-bond donors (Lipinski definition) is 2. The fraction of sp³-hybridized carbons (Fsp3) is 0.417. The van der Waals surface area contributed by atoms with Crippen LogP contribution in [0.5, 0.6) is 0 Å². The highest BCUT2D eigenvalue weighted by Crippen LogP contribution is 2.16. The molecule has 6 heteroatoms. The van der Waals surface area contributed by atoms with Crippen molar-refractivity contribution in [2.24, 2.45) is 0 Å². The number of nitrogen functional groups attached to an aromatic ring is 1. The summed E-state index contributed by atoms with van der Waals surface area (Å²) in [6.07, 6.45) is 0. The van der Waals surface area contributed by atoms with Crippen LogP contribution in [-0.4, -0.2) is 30.4 Å². The first-order valence-electron chi connectivity index (χ1n) is 5.54. The fourth-order valence-electron chi connectivity index (χ4n) is 1.45. The van der Waals surface area contributed by atoms with Gasteiger partial charge in [-0.25, -0.2) is 0 Å². The summed E-state index contributed by atoms with van der Waals surface area (Å²) in [4.78, 5) is 13.7. The zero-order valence-electron chi connectivity index (χ0n) is 10.7. The number of halogens is 2. The predicted octanol–water partition coefficient (Wildman–Crippen LogP) is 2.39. The van der Waals surface area contributed by atoms with E-state index in [9.17, 15) is 4.79 Å². The highest BCUT2D eigenvalue weighted by molar-refractivity contribution is 5.95. The number of nitrogens with one attached hydrogen (secondary N) is 1. The van der Waals surface area contributed by atoms with Crippen molar-refractivity contribution >= 4 is 42.1 Å². The van der Waals surface area contributed by atoms with E-state index in [1.165, 1.54) is 0 Å². The lowest BCUT2D eigenvalue weighted by Gasteiger charge is -2.17. The lowest BCUT2D eigenvalue weighted by Crippen LogP contribution is -2.33. The van der Waals surface area contributed by atoms with Crippen LogP contribution in [0, 0.1) is 0 Å². The van der Waals surface area contributed by atoms with Gasteiger partial charge in [0.05, 0.1) is 17.9 Å². The lowest BCUT2D eigenvalue weighted by atomic mass is 10.2. The summed E-state index contributed by atoms with van der Waals surface area (Å²) >= 11 is 0. The number of nitrogens with zero attached hydrogens (tertiary/aromatic N) is 1. The van der Waals surface area contributed by atoms with Gasteiger partial charge in [0.15, 0.2) is 0 Å². The van der Waals surface area contributed by atoms with E-state index >= 15 is 0 Å². The molecule has 1 rings (SSSR count). The molecule has 0 radical (unpaired) electrons. The molecular weight excluding hydrogens is 273 g/mol. The third-order valence-electron chi connectivity index (χ3n) is 2.50. The van der Waals surface area contributed by atoms with Gasteiger partial charge in [0.25, 0.3) is 0 Å². The molecule has 3 N–H and O–H groups in total. The van der Waals surface area contributed by atoms with Crippen LogP contribution in [0.15, 0.2) is 24.3 Å².